The highest BCUT2D eigenvalue weighted by molar-refractivity contribution is 7.98. The lowest BCUT2D eigenvalue weighted by Crippen LogP contribution is -2.29. The summed E-state index contributed by atoms with van der Waals surface area (Å²) in [6.45, 7) is 0. The maximum absolute atomic E-state index is 12.2. The molecule has 21 heavy (non-hydrogen) atoms. The maximum atomic E-state index is 12.2. The zero-order valence-electron chi connectivity index (χ0n) is 11.8. The van der Waals surface area contributed by atoms with Gasteiger partial charge in [0, 0.05) is 16.5 Å². The fourth-order valence-corrected chi connectivity index (χ4v) is 3.46. The first-order chi connectivity index (χ1) is 10.0. The van der Waals surface area contributed by atoms with Crippen molar-refractivity contribution in [3.63, 3.8) is 0 Å². The number of thioether (sulfide) groups is 1. The number of carbonyl (C=O) groups excluding carboxylic acids is 1. The molecule has 1 aromatic carbocycles. The zero-order chi connectivity index (χ0) is 15.4. The van der Waals surface area contributed by atoms with Gasteiger partial charge in [0.1, 0.15) is 0 Å². The molecule has 1 fully saturated rings. The van der Waals surface area contributed by atoms with Crippen LogP contribution in [-0.4, -0.2) is 23.2 Å². The lowest BCUT2D eigenvalue weighted by molar-refractivity contribution is -0.143. The van der Waals surface area contributed by atoms with Gasteiger partial charge < -0.3 is 10.4 Å². The average Bonchev–Trinajstić information content (AvgIpc) is 2.47. The van der Waals surface area contributed by atoms with Crippen molar-refractivity contribution >= 4 is 40.9 Å². The first-order valence-electron chi connectivity index (χ1n) is 6.88. The molecule has 2 rings (SSSR count). The summed E-state index contributed by atoms with van der Waals surface area (Å²) >= 11 is 7.67. The topological polar surface area (TPSA) is 66.4 Å². The van der Waals surface area contributed by atoms with Crippen LogP contribution >= 0.6 is 23.4 Å². The molecular weight excluding hydrogens is 310 g/mol. The Morgan fingerprint density at radius 2 is 1.86 bits per heavy atom. The SMILES string of the molecule is CSc1ccc(NC(=O)C2CCC(C(=O)O)CC2)cc1Cl. The van der Waals surface area contributed by atoms with Crippen molar-refractivity contribution < 1.29 is 14.7 Å². The number of carboxylic acid groups (broad SMARTS) is 1. The minimum atomic E-state index is -0.756. The van der Waals surface area contributed by atoms with Crippen molar-refractivity contribution in [3.05, 3.63) is 23.2 Å². The minimum Gasteiger partial charge on any atom is -0.481 e. The molecule has 0 saturated heterocycles. The van der Waals surface area contributed by atoms with Gasteiger partial charge in [0.2, 0.25) is 5.91 Å². The van der Waals surface area contributed by atoms with E-state index in [4.69, 9.17) is 16.7 Å². The van der Waals surface area contributed by atoms with Gasteiger partial charge in [0.25, 0.3) is 0 Å². The quantitative estimate of drug-likeness (QED) is 0.823. The number of benzene rings is 1. The fraction of sp³-hybridized carbons (Fsp3) is 0.467. The number of anilines is 1. The standard InChI is InChI=1S/C15H18ClNO3S/c1-21-13-7-6-11(8-12(13)16)17-14(18)9-2-4-10(5-3-9)15(19)20/h6-10H,2-5H2,1H3,(H,17,18)(H,19,20). The first kappa shape index (κ1) is 16.2. The highest BCUT2D eigenvalue weighted by atomic mass is 35.5. The molecular formula is C15H18ClNO3S. The largest absolute Gasteiger partial charge is 0.481 e. The number of carbonyl (C=O) groups is 2. The molecule has 1 aromatic rings. The number of nitrogens with one attached hydrogen (secondary N) is 1. The zero-order valence-corrected chi connectivity index (χ0v) is 13.3. The summed E-state index contributed by atoms with van der Waals surface area (Å²) in [5, 5.41) is 12.4. The Morgan fingerprint density at radius 3 is 2.38 bits per heavy atom. The van der Waals surface area contributed by atoms with Crippen molar-refractivity contribution in [2.75, 3.05) is 11.6 Å². The molecule has 2 N–H and O–H groups in total. The summed E-state index contributed by atoms with van der Waals surface area (Å²) in [4.78, 5) is 24.1. The molecule has 4 nitrogen and oxygen atoms in total. The Bertz CT molecular complexity index is 542. The van der Waals surface area contributed by atoms with Crippen LogP contribution < -0.4 is 5.32 Å². The van der Waals surface area contributed by atoms with E-state index in [1.165, 1.54) is 0 Å². The number of aliphatic carboxylic acids is 1. The molecule has 0 bridgehead atoms. The first-order valence-corrected chi connectivity index (χ1v) is 8.48. The normalized spacial score (nSPS) is 21.8. The predicted octanol–water partition coefficient (Wildman–Crippen LogP) is 3.89. The van der Waals surface area contributed by atoms with Gasteiger partial charge in [-0.2, -0.15) is 0 Å². The van der Waals surface area contributed by atoms with Crippen molar-refractivity contribution in [2.24, 2.45) is 11.8 Å². The number of hydrogen-bond donors (Lipinski definition) is 2. The second kappa shape index (κ2) is 7.18. The van der Waals surface area contributed by atoms with E-state index in [1.54, 1.807) is 17.8 Å². The predicted molar refractivity (Wildman–Crippen MR) is 84.9 cm³/mol. The van der Waals surface area contributed by atoms with E-state index in [1.807, 2.05) is 18.4 Å². The smallest absolute Gasteiger partial charge is 0.306 e. The maximum Gasteiger partial charge on any atom is 0.306 e. The number of hydrogen-bond acceptors (Lipinski definition) is 3. The third-order valence-corrected chi connectivity index (χ3v) is 5.09. The third-order valence-electron chi connectivity index (χ3n) is 3.87. The molecule has 1 aliphatic carbocycles. The summed E-state index contributed by atoms with van der Waals surface area (Å²) in [6.07, 6.45) is 4.33. The second-order valence-electron chi connectivity index (χ2n) is 5.23. The molecule has 6 heteroatoms. The number of rotatable bonds is 4. The highest BCUT2D eigenvalue weighted by Gasteiger charge is 2.29. The molecule has 1 amide bonds. The van der Waals surface area contributed by atoms with Crippen LogP contribution in [0.5, 0.6) is 0 Å². The van der Waals surface area contributed by atoms with Crippen molar-refractivity contribution in [1.29, 1.82) is 0 Å². The molecule has 1 saturated carbocycles. The molecule has 0 heterocycles. The van der Waals surface area contributed by atoms with E-state index in [9.17, 15) is 9.59 Å². The average molecular weight is 328 g/mol. The summed E-state index contributed by atoms with van der Waals surface area (Å²) in [6, 6.07) is 5.45. The molecule has 0 radical (unpaired) electrons. The van der Waals surface area contributed by atoms with E-state index < -0.39 is 5.97 Å². The summed E-state index contributed by atoms with van der Waals surface area (Å²) in [7, 11) is 0. The second-order valence-corrected chi connectivity index (χ2v) is 6.48. The van der Waals surface area contributed by atoms with E-state index in [0.29, 0.717) is 36.4 Å². The summed E-state index contributed by atoms with van der Waals surface area (Å²) < 4.78 is 0. The van der Waals surface area contributed by atoms with Gasteiger partial charge in [-0.05, 0) is 50.1 Å². The van der Waals surface area contributed by atoms with E-state index >= 15 is 0 Å². The van der Waals surface area contributed by atoms with Gasteiger partial charge in [-0.1, -0.05) is 11.6 Å². The molecule has 0 aromatic heterocycles. The monoisotopic (exact) mass is 327 g/mol. The van der Waals surface area contributed by atoms with Gasteiger partial charge in [0.05, 0.1) is 10.9 Å². The lowest BCUT2D eigenvalue weighted by atomic mass is 9.81. The molecule has 0 unspecified atom stereocenters. The molecule has 114 valence electrons. The van der Waals surface area contributed by atoms with Crippen LogP contribution in [0, 0.1) is 11.8 Å². The Labute approximate surface area is 133 Å². The number of amides is 1. The van der Waals surface area contributed by atoms with Crippen LogP contribution in [0.1, 0.15) is 25.7 Å². The van der Waals surface area contributed by atoms with Crippen molar-refractivity contribution in [3.8, 4) is 0 Å². The summed E-state index contributed by atoms with van der Waals surface area (Å²) in [5.41, 5.74) is 0.683. The molecule has 0 spiro atoms. The Hall–Kier alpha value is -1.20. The van der Waals surface area contributed by atoms with Gasteiger partial charge in [-0.15, -0.1) is 11.8 Å². The van der Waals surface area contributed by atoms with Gasteiger partial charge in [-0.3, -0.25) is 9.59 Å². The highest BCUT2D eigenvalue weighted by Crippen LogP contribution is 2.31. The van der Waals surface area contributed by atoms with Crippen LogP contribution in [0.25, 0.3) is 0 Å². The van der Waals surface area contributed by atoms with Gasteiger partial charge in [-0.25, -0.2) is 0 Å². The summed E-state index contributed by atoms with van der Waals surface area (Å²) in [5.74, 6) is -1.22. The molecule has 1 aliphatic rings. The number of halogens is 1. The van der Waals surface area contributed by atoms with Crippen LogP contribution in [0.3, 0.4) is 0 Å². The van der Waals surface area contributed by atoms with Crippen LogP contribution in [0.15, 0.2) is 23.1 Å². The van der Waals surface area contributed by atoms with Crippen molar-refractivity contribution in [2.45, 2.75) is 30.6 Å². The van der Waals surface area contributed by atoms with Gasteiger partial charge >= 0.3 is 5.97 Å². The lowest BCUT2D eigenvalue weighted by Gasteiger charge is -2.25. The van der Waals surface area contributed by atoms with E-state index in [2.05, 4.69) is 5.32 Å². The van der Waals surface area contributed by atoms with Crippen LogP contribution in [0.4, 0.5) is 5.69 Å². The minimum absolute atomic E-state index is 0.0493. The van der Waals surface area contributed by atoms with Crippen LogP contribution in [0.2, 0.25) is 5.02 Å². The van der Waals surface area contributed by atoms with E-state index in [0.717, 1.165) is 4.90 Å². The van der Waals surface area contributed by atoms with Crippen LogP contribution in [-0.2, 0) is 9.59 Å². The fourth-order valence-electron chi connectivity index (χ4n) is 2.59. The number of carboxylic acids is 1. The molecule has 0 aliphatic heterocycles. The third kappa shape index (κ3) is 4.14. The molecule has 0 atom stereocenters. The Balaban J connectivity index is 1.93. The van der Waals surface area contributed by atoms with Crippen molar-refractivity contribution in [1.82, 2.24) is 0 Å². The van der Waals surface area contributed by atoms with E-state index in [-0.39, 0.29) is 17.7 Å². The Kier molecular flexibility index (Phi) is 5.53. The Morgan fingerprint density at radius 1 is 1.24 bits per heavy atom. The van der Waals surface area contributed by atoms with Gasteiger partial charge in [0.15, 0.2) is 0 Å².